The summed E-state index contributed by atoms with van der Waals surface area (Å²) in [5.74, 6) is -0.0683. The minimum atomic E-state index is -0.226. The maximum atomic E-state index is 13.4. The van der Waals surface area contributed by atoms with Crippen molar-refractivity contribution in [3.05, 3.63) is 107 Å². The molecule has 150 valence electrons. The molecule has 4 heteroatoms. The minimum Gasteiger partial charge on any atom is -0.338 e. The zero-order valence-electron chi connectivity index (χ0n) is 16.7. The molecule has 1 aliphatic heterocycles. The van der Waals surface area contributed by atoms with Crippen molar-refractivity contribution in [2.75, 3.05) is 6.54 Å². The largest absolute Gasteiger partial charge is 0.338 e. The quantitative estimate of drug-likeness (QED) is 0.477. The first-order chi connectivity index (χ1) is 14.7. The Morgan fingerprint density at radius 1 is 0.867 bits per heavy atom. The van der Waals surface area contributed by atoms with E-state index in [0.717, 1.165) is 24.1 Å². The van der Waals surface area contributed by atoms with Crippen LogP contribution in [0.2, 0.25) is 0 Å². The predicted octanol–water partition coefficient (Wildman–Crippen LogP) is 4.96. The molecule has 30 heavy (non-hydrogen) atoms. The highest BCUT2D eigenvalue weighted by Gasteiger charge is 2.26. The van der Waals surface area contributed by atoms with Crippen molar-refractivity contribution in [2.45, 2.75) is 25.9 Å². The molecule has 0 unspecified atom stereocenters. The Labute approximate surface area is 175 Å². The van der Waals surface area contributed by atoms with Gasteiger partial charge in [-0.15, -0.1) is 0 Å². The van der Waals surface area contributed by atoms with Gasteiger partial charge in [0.25, 0.3) is 0 Å². The summed E-state index contributed by atoms with van der Waals surface area (Å²) in [7, 11) is 0. The zero-order valence-corrected chi connectivity index (χ0v) is 16.7. The molecule has 3 aromatic carbocycles. The van der Waals surface area contributed by atoms with Gasteiger partial charge in [-0.1, -0.05) is 60.7 Å². The summed E-state index contributed by atoms with van der Waals surface area (Å²) < 4.78 is 15.7. The van der Waals surface area contributed by atoms with E-state index in [1.165, 1.54) is 34.3 Å². The van der Waals surface area contributed by atoms with Gasteiger partial charge in [0.05, 0.1) is 13.0 Å². The summed E-state index contributed by atoms with van der Waals surface area (Å²) in [6.45, 7) is 2.01. The molecule has 1 aliphatic rings. The molecule has 3 nitrogen and oxygen atoms in total. The molecule has 0 saturated heterocycles. The monoisotopic (exact) mass is 398 g/mol. The van der Waals surface area contributed by atoms with E-state index in [1.54, 1.807) is 0 Å². The number of hydrogen-bond acceptors (Lipinski definition) is 1. The van der Waals surface area contributed by atoms with Crippen LogP contribution in [-0.4, -0.2) is 21.9 Å². The normalized spacial score (nSPS) is 13.4. The van der Waals surface area contributed by atoms with Crippen molar-refractivity contribution in [3.63, 3.8) is 0 Å². The highest BCUT2D eigenvalue weighted by molar-refractivity contribution is 5.87. The van der Waals surface area contributed by atoms with E-state index in [9.17, 15) is 9.18 Å². The molecule has 0 N–H and O–H groups in total. The molecule has 0 fully saturated rings. The average molecular weight is 398 g/mol. The molecular weight excluding hydrogens is 375 g/mol. The van der Waals surface area contributed by atoms with Crippen LogP contribution in [0.3, 0.4) is 0 Å². The van der Waals surface area contributed by atoms with Crippen LogP contribution >= 0.6 is 0 Å². The number of para-hydroxylation sites is 1. The zero-order chi connectivity index (χ0) is 20.5. The summed E-state index contributed by atoms with van der Waals surface area (Å²) in [5.41, 5.74) is 5.78. The molecule has 1 aromatic heterocycles. The maximum absolute atomic E-state index is 13.4. The summed E-state index contributed by atoms with van der Waals surface area (Å²) in [5, 5.41) is 1.25. The van der Waals surface area contributed by atoms with Gasteiger partial charge in [0.15, 0.2) is 0 Å². The number of amides is 1. The van der Waals surface area contributed by atoms with E-state index >= 15 is 0 Å². The van der Waals surface area contributed by atoms with Crippen LogP contribution in [0.15, 0.2) is 78.9 Å². The maximum Gasteiger partial charge on any atom is 0.227 e. The van der Waals surface area contributed by atoms with Crippen LogP contribution in [0.4, 0.5) is 4.39 Å². The van der Waals surface area contributed by atoms with Crippen molar-refractivity contribution in [2.24, 2.45) is 0 Å². The number of aromatic nitrogens is 1. The average Bonchev–Trinajstić information content (AvgIpc) is 3.09. The van der Waals surface area contributed by atoms with Crippen molar-refractivity contribution >= 4 is 16.8 Å². The molecule has 0 radical (unpaired) electrons. The molecule has 0 saturated carbocycles. The number of carbonyl (C=O) groups excluding carboxylic acids is 1. The first-order valence-electron chi connectivity index (χ1n) is 10.3. The Morgan fingerprint density at radius 2 is 1.60 bits per heavy atom. The molecule has 0 atom stereocenters. The number of nitrogens with zero attached hydrogens (tertiary/aromatic N) is 2. The van der Waals surface area contributed by atoms with Gasteiger partial charge >= 0.3 is 0 Å². The lowest BCUT2D eigenvalue weighted by atomic mass is 10.0. The van der Waals surface area contributed by atoms with E-state index < -0.39 is 0 Å². The smallest absolute Gasteiger partial charge is 0.227 e. The van der Waals surface area contributed by atoms with E-state index in [1.807, 2.05) is 53.4 Å². The number of hydrogen-bond donors (Lipinski definition) is 0. The van der Waals surface area contributed by atoms with Gasteiger partial charge < -0.3 is 9.47 Å². The standard InChI is InChI=1S/C26H23FN2O/c27-21-12-10-20(11-13-21)17-29-24-9-5-4-8-22(24)23-14-15-28(18-25(23)29)26(30)16-19-6-2-1-3-7-19/h1-13H,14-18H2. The van der Waals surface area contributed by atoms with E-state index in [2.05, 4.69) is 22.8 Å². The lowest BCUT2D eigenvalue weighted by molar-refractivity contribution is -0.131. The van der Waals surface area contributed by atoms with Crippen molar-refractivity contribution in [3.8, 4) is 0 Å². The third-order valence-corrected chi connectivity index (χ3v) is 5.97. The topological polar surface area (TPSA) is 25.2 Å². The first-order valence-corrected chi connectivity index (χ1v) is 10.3. The summed E-state index contributed by atoms with van der Waals surface area (Å²) in [6.07, 6.45) is 1.28. The van der Waals surface area contributed by atoms with Gasteiger partial charge in [-0.3, -0.25) is 4.79 Å². The Balaban J connectivity index is 1.48. The van der Waals surface area contributed by atoms with E-state index in [4.69, 9.17) is 0 Å². The lowest BCUT2D eigenvalue weighted by Gasteiger charge is -2.29. The minimum absolute atomic E-state index is 0.158. The van der Waals surface area contributed by atoms with E-state index in [-0.39, 0.29) is 11.7 Å². The summed E-state index contributed by atoms with van der Waals surface area (Å²) in [4.78, 5) is 14.9. The third-order valence-electron chi connectivity index (χ3n) is 5.97. The second-order valence-corrected chi connectivity index (χ2v) is 7.88. The lowest BCUT2D eigenvalue weighted by Crippen LogP contribution is -2.37. The predicted molar refractivity (Wildman–Crippen MR) is 117 cm³/mol. The fourth-order valence-corrected chi connectivity index (χ4v) is 4.44. The number of rotatable bonds is 4. The van der Waals surface area contributed by atoms with Crippen molar-refractivity contribution < 1.29 is 9.18 Å². The number of halogens is 1. The van der Waals surface area contributed by atoms with Crippen molar-refractivity contribution in [1.82, 2.24) is 9.47 Å². The highest BCUT2D eigenvalue weighted by Crippen LogP contribution is 2.31. The molecule has 1 amide bonds. The van der Waals surface area contributed by atoms with Crippen LogP contribution in [-0.2, 0) is 30.7 Å². The van der Waals surface area contributed by atoms with Gasteiger partial charge in [-0.05, 0) is 41.3 Å². The van der Waals surface area contributed by atoms with Gasteiger partial charge in [0, 0.05) is 29.7 Å². The first kappa shape index (κ1) is 18.6. The van der Waals surface area contributed by atoms with Crippen LogP contribution in [0, 0.1) is 5.82 Å². The molecule has 0 aliphatic carbocycles. The Kier molecular flexibility index (Phi) is 4.83. The van der Waals surface area contributed by atoms with E-state index in [0.29, 0.717) is 19.5 Å². The number of carbonyl (C=O) groups is 1. The molecule has 0 bridgehead atoms. The summed E-state index contributed by atoms with van der Waals surface area (Å²) >= 11 is 0. The molecule has 4 aromatic rings. The SMILES string of the molecule is O=C(Cc1ccccc1)N1CCc2c(n(Cc3ccc(F)cc3)c3ccccc23)C1. The highest BCUT2D eigenvalue weighted by atomic mass is 19.1. The third kappa shape index (κ3) is 3.50. The Hall–Kier alpha value is -3.40. The van der Waals surface area contributed by atoms with Gasteiger partial charge in [0.2, 0.25) is 5.91 Å². The Bertz CT molecular complexity index is 1200. The van der Waals surface area contributed by atoms with Crippen LogP contribution < -0.4 is 0 Å². The van der Waals surface area contributed by atoms with Crippen LogP contribution in [0.1, 0.15) is 22.4 Å². The van der Waals surface area contributed by atoms with Crippen molar-refractivity contribution in [1.29, 1.82) is 0 Å². The Morgan fingerprint density at radius 3 is 2.40 bits per heavy atom. The molecule has 5 rings (SSSR count). The second kappa shape index (κ2) is 7.79. The fraction of sp³-hybridized carbons (Fsp3) is 0.192. The number of fused-ring (bicyclic) bond motifs is 3. The molecule has 0 spiro atoms. The molecule has 2 heterocycles. The summed E-state index contributed by atoms with van der Waals surface area (Å²) in [6, 6.07) is 25.0. The molecular formula is C26H23FN2O. The van der Waals surface area contributed by atoms with Crippen LogP contribution in [0.25, 0.3) is 10.9 Å². The van der Waals surface area contributed by atoms with Crippen LogP contribution in [0.5, 0.6) is 0 Å². The van der Waals surface area contributed by atoms with Gasteiger partial charge in [-0.2, -0.15) is 0 Å². The second-order valence-electron chi connectivity index (χ2n) is 7.88. The number of benzene rings is 3. The fourth-order valence-electron chi connectivity index (χ4n) is 4.44. The van der Waals surface area contributed by atoms with Gasteiger partial charge in [-0.25, -0.2) is 4.39 Å². The van der Waals surface area contributed by atoms with Gasteiger partial charge in [0.1, 0.15) is 5.82 Å².